The van der Waals surface area contributed by atoms with Gasteiger partial charge in [-0.25, -0.2) is 0 Å². The molecule has 0 saturated carbocycles. The van der Waals surface area contributed by atoms with Gasteiger partial charge in [0.05, 0.1) is 5.92 Å². The molecule has 0 fully saturated rings. The van der Waals surface area contributed by atoms with Gasteiger partial charge < -0.3 is 14.9 Å². The van der Waals surface area contributed by atoms with Crippen molar-refractivity contribution in [3.05, 3.63) is 17.0 Å². The van der Waals surface area contributed by atoms with Crippen molar-refractivity contribution in [3.63, 3.8) is 0 Å². The molecule has 19 heavy (non-hydrogen) atoms. The number of carbonyl (C=O) groups is 2. The minimum absolute atomic E-state index is 0.0931. The zero-order valence-electron chi connectivity index (χ0n) is 10.9. The molecule has 1 aliphatic rings. The van der Waals surface area contributed by atoms with E-state index in [0.29, 0.717) is 5.69 Å². The third-order valence-electron chi connectivity index (χ3n) is 3.41. The van der Waals surface area contributed by atoms with E-state index in [1.807, 2.05) is 0 Å². The number of hydrogen-bond donors (Lipinski definition) is 2. The van der Waals surface area contributed by atoms with Crippen LogP contribution in [0.5, 0.6) is 0 Å². The molecule has 104 valence electrons. The molecule has 0 aromatic carbocycles. The third-order valence-corrected chi connectivity index (χ3v) is 3.41. The van der Waals surface area contributed by atoms with Crippen molar-refractivity contribution >= 4 is 11.9 Å². The summed E-state index contributed by atoms with van der Waals surface area (Å²) >= 11 is 0. The fraction of sp³-hybridized carbons (Fsp3) is 0.615. The van der Waals surface area contributed by atoms with Crippen LogP contribution in [0, 0.1) is 5.92 Å². The van der Waals surface area contributed by atoms with Crippen molar-refractivity contribution in [2.45, 2.75) is 39.0 Å². The molecular formula is C13H18N2O4. The Bertz CT molecular complexity index is 481. The van der Waals surface area contributed by atoms with Gasteiger partial charge in [0, 0.05) is 18.5 Å². The lowest BCUT2D eigenvalue weighted by Gasteiger charge is -2.07. The Morgan fingerprint density at radius 2 is 2.11 bits per heavy atom. The molecule has 6 nitrogen and oxygen atoms in total. The number of amides is 1. The van der Waals surface area contributed by atoms with Crippen LogP contribution in [0.25, 0.3) is 0 Å². The smallest absolute Gasteiger partial charge is 0.308 e. The molecular weight excluding hydrogens is 248 g/mol. The maximum Gasteiger partial charge on any atom is 0.308 e. The number of hydrogen-bond acceptors (Lipinski definition) is 4. The van der Waals surface area contributed by atoms with E-state index in [1.54, 1.807) is 6.92 Å². The van der Waals surface area contributed by atoms with E-state index < -0.39 is 11.9 Å². The number of rotatable bonds is 4. The lowest BCUT2D eigenvalue weighted by molar-refractivity contribution is -0.140. The first-order chi connectivity index (χ1) is 9.09. The highest BCUT2D eigenvalue weighted by molar-refractivity contribution is 5.94. The van der Waals surface area contributed by atoms with Crippen molar-refractivity contribution < 1.29 is 19.2 Å². The second-order valence-corrected chi connectivity index (χ2v) is 4.94. The van der Waals surface area contributed by atoms with Crippen LogP contribution in [0.4, 0.5) is 0 Å². The second-order valence-electron chi connectivity index (χ2n) is 4.94. The topological polar surface area (TPSA) is 92.4 Å². The molecule has 0 radical (unpaired) electrons. The molecule has 0 bridgehead atoms. The van der Waals surface area contributed by atoms with Crippen molar-refractivity contribution in [2.24, 2.45) is 5.92 Å². The van der Waals surface area contributed by atoms with E-state index >= 15 is 0 Å². The predicted molar refractivity (Wildman–Crippen MR) is 66.9 cm³/mol. The number of nitrogens with zero attached hydrogens (tertiary/aromatic N) is 1. The van der Waals surface area contributed by atoms with E-state index in [1.165, 1.54) is 0 Å². The van der Waals surface area contributed by atoms with Gasteiger partial charge in [-0.15, -0.1) is 0 Å². The zero-order valence-corrected chi connectivity index (χ0v) is 10.9. The van der Waals surface area contributed by atoms with Crippen LogP contribution < -0.4 is 5.32 Å². The number of aryl methyl sites for hydroxylation is 1. The van der Waals surface area contributed by atoms with Gasteiger partial charge in [-0.2, -0.15) is 0 Å². The van der Waals surface area contributed by atoms with Crippen LogP contribution in [0.1, 0.15) is 48.0 Å². The summed E-state index contributed by atoms with van der Waals surface area (Å²) in [7, 11) is 0. The van der Waals surface area contributed by atoms with Gasteiger partial charge in [-0.05, 0) is 19.3 Å². The molecule has 1 heterocycles. The van der Waals surface area contributed by atoms with Crippen molar-refractivity contribution in [3.8, 4) is 0 Å². The molecule has 1 aromatic heterocycles. The summed E-state index contributed by atoms with van der Waals surface area (Å²) in [6.45, 7) is 1.64. The highest BCUT2D eigenvalue weighted by atomic mass is 16.5. The summed E-state index contributed by atoms with van der Waals surface area (Å²) in [5.41, 5.74) is 1.20. The molecule has 2 N–H and O–H groups in total. The van der Waals surface area contributed by atoms with E-state index in [0.717, 1.165) is 43.4 Å². The minimum atomic E-state index is -0.931. The third kappa shape index (κ3) is 3.13. The van der Waals surface area contributed by atoms with Gasteiger partial charge in [0.15, 0.2) is 5.69 Å². The lowest BCUT2D eigenvalue weighted by atomic mass is 10.1. The number of fused-ring (bicyclic) bond motifs is 1. The fourth-order valence-corrected chi connectivity index (χ4v) is 2.16. The first kappa shape index (κ1) is 13.6. The van der Waals surface area contributed by atoms with Crippen LogP contribution in [-0.2, 0) is 17.6 Å². The van der Waals surface area contributed by atoms with Crippen LogP contribution in [-0.4, -0.2) is 28.7 Å². The number of carboxylic acids is 1. The maximum absolute atomic E-state index is 12.0. The normalized spacial score (nSPS) is 16.3. The van der Waals surface area contributed by atoms with Gasteiger partial charge in [0.2, 0.25) is 0 Å². The quantitative estimate of drug-likeness (QED) is 0.803. The minimum Gasteiger partial charge on any atom is -0.481 e. The number of carboxylic acid groups (broad SMARTS) is 1. The van der Waals surface area contributed by atoms with Gasteiger partial charge in [0.1, 0.15) is 5.76 Å². The molecule has 1 aromatic rings. The van der Waals surface area contributed by atoms with Crippen LogP contribution in [0.3, 0.4) is 0 Å². The molecule has 1 atom stereocenters. The summed E-state index contributed by atoms with van der Waals surface area (Å²) in [6, 6.07) is 0. The number of carbonyl (C=O) groups excluding carboxylic acids is 1. The van der Waals surface area contributed by atoms with Gasteiger partial charge in [-0.1, -0.05) is 18.5 Å². The highest BCUT2D eigenvalue weighted by Gasteiger charge is 2.23. The Labute approximate surface area is 111 Å². The molecule has 2 rings (SSSR count). The summed E-state index contributed by atoms with van der Waals surface area (Å²) in [4.78, 5) is 22.7. The summed E-state index contributed by atoms with van der Waals surface area (Å²) in [6.07, 6.45) is 4.83. The SMILES string of the molecule is CC(CNC(=O)c1noc2c1CCCCC2)C(=O)O. The van der Waals surface area contributed by atoms with Crippen molar-refractivity contribution in [1.29, 1.82) is 0 Å². The maximum atomic E-state index is 12.0. The first-order valence-corrected chi connectivity index (χ1v) is 6.58. The fourth-order valence-electron chi connectivity index (χ4n) is 2.16. The van der Waals surface area contributed by atoms with E-state index in [9.17, 15) is 9.59 Å². The molecule has 1 amide bonds. The average Bonchev–Trinajstić information content (AvgIpc) is 2.64. The lowest BCUT2D eigenvalue weighted by Crippen LogP contribution is -2.32. The average molecular weight is 266 g/mol. The molecule has 0 saturated heterocycles. The Kier molecular flexibility index (Phi) is 4.19. The van der Waals surface area contributed by atoms with E-state index in [-0.39, 0.29) is 12.5 Å². The first-order valence-electron chi connectivity index (χ1n) is 6.58. The molecule has 1 aliphatic carbocycles. The van der Waals surface area contributed by atoms with Crippen LogP contribution in [0.15, 0.2) is 4.52 Å². The standard InChI is InChI=1S/C13H18N2O4/c1-8(13(17)18)7-14-12(16)11-9-5-3-2-4-6-10(9)19-15-11/h8H,2-7H2,1H3,(H,14,16)(H,17,18). The molecule has 0 aliphatic heterocycles. The predicted octanol–water partition coefficient (Wildman–Crippen LogP) is 1.39. The van der Waals surface area contributed by atoms with Gasteiger partial charge >= 0.3 is 5.97 Å². The Morgan fingerprint density at radius 1 is 1.37 bits per heavy atom. The molecule has 1 unspecified atom stereocenters. The van der Waals surface area contributed by atoms with Crippen LogP contribution in [0.2, 0.25) is 0 Å². The number of aliphatic carboxylic acids is 1. The van der Waals surface area contributed by atoms with E-state index in [2.05, 4.69) is 10.5 Å². The van der Waals surface area contributed by atoms with Crippen molar-refractivity contribution in [2.75, 3.05) is 6.54 Å². The summed E-state index contributed by atoms with van der Waals surface area (Å²) in [5, 5.41) is 15.2. The monoisotopic (exact) mass is 266 g/mol. The Hall–Kier alpha value is -1.85. The van der Waals surface area contributed by atoms with Crippen LogP contribution >= 0.6 is 0 Å². The zero-order chi connectivity index (χ0) is 13.8. The van der Waals surface area contributed by atoms with Gasteiger partial charge in [-0.3, -0.25) is 9.59 Å². The van der Waals surface area contributed by atoms with Crippen molar-refractivity contribution in [1.82, 2.24) is 10.5 Å². The van der Waals surface area contributed by atoms with E-state index in [4.69, 9.17) is 9.63 Å². The largest absolute Gasteiger partial charge is 0.481 e. The van der Waals surface area contributed by atoms with Gasteiger partial charge in [0.25, 0.3) is 5.91 Å². The highest BCUT2D eigenvalue weighted by Crippen LogP contribution is 2.23. The second kappa shape index (κ2) is 5.86. The molecule has 0 spiro atoms. The Morgan fingerprint density at radius 3 is 2.84 bits per heavy atom. The summed E-state index contributed by atoms with van der Waals surface area (Å²) < 4.78 is 5.22. The summed E-state index contributed by atoms with van der Waals surface area (Å²) in [5.74, 6) is -1.09. The number of nitrogens with one attached hydrogen (secondary N) is 1. The Balaban J connectivity index is 2.03. The number of aromatic nitrogens is 1. The molecule has 6 heteroatoms.